The van der Waals surface area contributed by atoms with Gasteiger partial charge in [0.15, 0.2) is 5.76 Å². The summed E-state index contributed by atoms with van der Waals surface area (Å²) in [6.07, 6.45) is 1.04. The van der Waals surface area contributed by atoms with E-state index in [1.165, 1.54) is 0 Å². The molecule has 2 fully saturated rings. The third-order valence-corrected chi connectivity index (χ3v) is 6.59. The van der Waals surface area contributed by atoms with Gasteiger partial charge in [0.1, 0.15) is 5.58 Å². The van der Waals surface area contributed by atoms with E-state index in [2.05, 4.69) is 4.98 Å². The molecule has 2 saturated heterocycles. The van der Waals surface area contributed by atoms with Crippen LogP contribution < -0.4 is 0 Å². The van der Waals surface area contributed by atoms with E-state index in [4.69, 9.17) is 13.9 Å². The monoisotopic (exact) mass is 420 g/mol. The number of pyridine rings is 1. The number of hydrogen-bond donors (Lipinski definition) is 0. The van der Waals surface area contributed by atoms with E-state index in [9.17, 15) is 4.79 Å². The van der Waals surface area contributed by atoms with E-state index in [1.54, 1.807) is 0 Å². The molecule has 2 aliphatic rings. The lowest BCUT2D eigenvalue weighted by Crippen LogP contribution is -2.31. The van der Waals surface area contributed by atoms with E-state index in [0.717, 1.165) is 40.9 Å². The van der Waals surface area contributed by atoms with Gasteiger partial charge in [-0.2, -0.15) is 0 Å². The molecule has 2 aromatic heterocycles. The van der Waals surface area contributed by atoms with Crippen LogP contribution in [0.15, 0.2) is 46.9 Å². The van der Waals surface area contributed by atoms with Crippen LogP contribution in [0.3, 0.4) is 0 Å². The molecule has 1 aromatic carbocycles. The quantitative estimate of drug-likeness (QED) is 0.561. The Balaban J connectivity index is 1.17. The van der Waals surface area contributed by atoms with Gasteiger partial charge in [0.2, 0.25) is 0 Å². The maximum absolute atomic E-state index is 13.2. The smallest absolute Gasteiger partial charge is 0.289 e. The van der Waals surface area contributed by atoms with Crippen molar-refractivity contribution in [3.05, 3.63) is 65.2 Å². The van der Waals surface area contributed by atoms with Gasteiger partial charge in [-0.3, -0.25) is 9.78 Å². The van der Waals surface area contributed by atoms with Crippen LogP contribution in [0.4, 0.5) is 0 Å². The van der Waals surface area contributed by atoms with E-state index in [-0.39, 0.29) is 12.0 Å². The number of nitrogens with zero attached hydrogens (tertiary/aromatic N) is 2. The number of likely N-dealkylation sites (tertiary alicyclic amines) is 1. The normalized spacial score (nSPS) is 22.9. The molecule has 0 spiro atoms. The Morgan fingerprint density at radius 1 is 1.16 bits per heavy atom. The first-order valence-electron chi connectivity index (χ1n) is 11.0. The van der Waals surface area contributed by atoms with Gasteiger partial charge < -0.3 is 18.8 Å². The summed E-state index contributed by atoms with van der Waals surface area (Å²) in [6.45, 7) is 7.22. The van der Waals surface area contributed by atoms with Crippen molar-refractivity contribution < 1.29 is 18.7 Å². The lowest BCUT2D eigenvalue weighted by atomic mass is 9.91. The van der Waals surface area contributed by atoms with Gasteiger partial charge in [-0.15, -0.1) is 0 Å². The van der Waals surface area contributed by atoms with Gasteiger partial charge in [-0.1, -0.05) is 24.3 Å². The minimum atomic E-state index is -0.0350. The molecule has 0 aliphatic carbocycles. The lowest BCUT2D eigenvalue weighted by Gasteiger charge is -2.19. The third kappa shape index (κ3) is 3.98. The molecule has 4 heterocycles. The molecule has 2 aliphatic heterocycles. The van der Waals surface area contributed by atoms with Gasteiger partial charge in [-0.25, -0.2) is 0 Å². The molecule has 162 valence electrons. The maximum Gasteiger partial charge on any atom is 0.289 e. The minimum Gasteiger partial charge on any atom is -0.451 e. The lowest BCUT2D eigenvalue weighted by molar-refractivity contribution is 0.0625. The highest BCUT2D eigenvalue weighted by molar-refractivity contribution is 5.99. The molecule has 0 unspecified atom stereocenters. The summed E-state index contributed by atoms with van der Waals surface area (Å²) in [7, 11) is 0. The number of amides is 1. The molecule has 3 aromatic rings. The highest BCUT2D eigenvalue weighted by Crippen LogP contribution is 2.37. The molecule has 5 rings (SSSR count). The SMILES string of the molecule is Cc1cccc(COCC[C@H]2CO[C@H]3CN(C(=O)c4oc5ccccc5c4C)C[C@@H]23)n1. The molecule has 1 amide bonds. The maximum atomic E-state index is 13.2. The molecule has 3 atom stereocenters. The van der Waals surface area contributed by atoms with Crippen molar-refractivity contribution in [2.75, 3.05) is 26.3 Å². The van der Waals surface area contributed by atoms with Crippen molar-refractivity contribution in [3.63, 3.8) is 0 Å². The average molecular weight is 421 g/mol. The minimum absolute atomic E-state index is 0.0350. The molecule has 31 heavy (non-hydrogen) atoms. The first kappa shape index (κ1) is 20.2. The standard InChI is InChI=1S/C25H28N2O4/c1-16-6-5-7-19(26-16)15-29-11-10-18-14-30-23-13-27(12-21(18)23)25(28)24-17(2)20-8-3-4-9-22(20)31-24/h3-9,18,21,23H,10-15H2,1-2H3/t18-,21-,23-/m0/s1. The van der Waals surface area contributed by atoms with Gasteiger partial charge in [-0.05, 0) is 44.4 Å². The number of aryl methyl sites for hydroxylation is 2. The molecule has 0 radical (unpaired) electrons. The molecular formula is C25H28N2O4. The summed E-state index contributed by atoms with van der Waals surface area (Å²) in [4.78, 5) is 19.5. The number of ether oxygens (including phenoxy) is 2. The second-order valence-corrected chi connectivity index (χ2v) is 8.67. The summed E-state index contributed by atoms with van der Waals surface area (Å²) in [6, 6.07) is 13.8. The number of aromatic nitrogens is 1. The Hall–Kier alpha value is -2.70. The fourth-order valence-corrected chi connectivity index (χ4v) is 4.88. The van der Waals surface area contributed by atoms with Crippen molar-refractivity contribution in [2.45, 2.75) is 33.0 Å². The highest BCUT2D eigenvalue weighted by Gasteiger charge is 2.45. The number of para-hydroxylation sites is 1. The van der Waals surface area contributed by atoms with Crippen LogP contribution in [0.5, 0.6) is 0 Å². The highest BCUT2D eigenvalue weighted by atomic mass is 16.5. The number of rotatable bonds is 6. The zero-order chi connectivity index (χ0) is 21.4. The number of hydrogen-bond acceptors (Lipinski definition) is 5. The number of fused-ring (bicyclic) bond motifs is 2. The van der Waals surface area contributed by atoms with Gasteiger partial charge in [0, 0.05) is 42.3 Å². The molecule has 6 nitrogen and oxygen atoms in total. The van der Waals surface area contributed by atoms with Gasteiger partial charge in [0.25, 0.3) is 5.91 Å². The largest absolute Gasteiger partial charge is 0.451 e. The number of carbonyl (C=O) groups excluding carboxylic acids is 1. The van der Waals surface area contributed by atoms with Crippen LogP contribution >= 0.6 is 0 Å². The van der Waals surface area contributed by atoms with Crippen molar-refractivity contribution >= 4 is 16.9 Å². The Labute approximate surface area is 182 Å². The van der Waals surface area contributed by atoms with Crippen LogP contribution in [0.1, 0.15) is 33.9 Å². The van der Waals surface area contributed by atoms with Crippen LogP contribution in [0.25, 0.3) is 11.0 Å². The van der Waals surface area contributed by atoms with Gasteiger partial charge >= 0.3 is 0 Å². The van der Waals surface area contributed by atoms with Gasteiger partial charge in [0.05, 0.1) is 25.0 Å². The second kappa shape index (κ2) is 8.44. The van der Waals surface area contributed by atoms with E-state index >= 15 is 0 Å². The van der Waals surface area contributed by atoms with E-state index in [0.29, 0.717) is 43.9 Å². The second-order valence-electron chi connectivity index (χ2n) is 8.67. The Kier molecular flexibility index (Phi) is 5.50. The Morgan fingerprint density at radius 3 is 2.87 bits per heavy atom. The van der Waals surface area contributed by atoms with Crippen LogP contribution in [-0.2, 0) is 16.1 Å². The predicted octanol–water partition coefficient (Wildman–Crippen LogP) is 4.14. The number of benzene rings is 1. The van der Waals surface area contributed by atoms with Crippen molar-refractivity contribution in [1.29, 1.82) is 0 Å². The molecular weight excluding hydrogens is 392 g/mol. The first-order valence-corrected chi connectivity index (χ1v) is 11.0. The van der Waals surface area contributed by atoms with Crippen molar-refractivity contribution in [1.82, 2.24) is 9.88 Å². The first-order chi connectivity index (χ1) is 15.1. The zero-order valence-corrected chi connectivity index (χ0v) is 18.0. The number of carbonyl (C=O) groups is 1. The molecule has 0 saturated carbocycles. The Bertz CT molecular complexity index is 1090. The summed E-state index contributed by atoms with van der Waals surface area (Å²) in [5.74, 6) is 1.18. The summed E-state index contributed by atoms with van der Waals surface area (Å²) >= 11 is 0. The van der Waals surface area contributed by atoms with Crippen molar-refractivity contribution in [2.24, 2.45) is 11.8 Å². The topological polar surface area (TPSA) is 64.8 Å². The van der Waals surface area contributed by atoms with Crippen LogP contribution in [-0.4, -0.2) is 48.2 Å². The molecule has 6 heteroatoms. The van der Waals surface area contributed by atoms with Crippen LogP contribution in [0.2, 0.25) is 0 Å². The summed E-state index contributed by atoms with van der Waals surface area (Å²) in [5.41, 5.74) is 3.63. The fourth-order valence-electron chi connectivity index (χ4n) is 4.88. The number of furan rings is 1. The van der Waals surface area contributed by atoms with E-state index in [1.807, 2.05) is 61.2 Å². The molecule has 0 N–H and O–H groups in total. The zero-order valence-electron chi connectivity index (χ0n) is 18.0. The Morgan fingerprint density at radius 2 is 2.03 bits per heavy atom. The fraction of sp³-hybridized carbons (Fsp3) is 0.440. The third-order valence-electron chi connectivity index (χ3n) is 6.59. The average Bonchev–Trinajstić information content (AvgIpc) is 3.45. The van der Waals surface area contributed by atoms with Crippen LogP contribution in [0, 0.1) is 25.7 Å². The summed E-state index contributed by atoms with van der Waals surface area (Å²) < 4.78 is 17.8. The van der Waals surface area contributed by atoms with Crippen molar-refractivity contribution in [3.8, 4) is 0 Å². The predicted molar refractivity (Wildman–Crippen MR) is 117 cm³/mol. The van der Waals surface area contributed by atoms with E-state index < -0.39 is 0 Å². The molecule has 0 bridgehead atoms. The summed E-state index contributed by atoms with van der Waals surface area (Å²) in [5, 5.41) is 1.000.